The Morgan fingerprint density at radius 1 is 1.22 bits per heavy atom. The van der Waals surface area contributed by atoms with Crippen LogP contribution in [0.5, 0.6) is 0 Å². The van der Waals surface area contributed by atoms with E-state index in [4.69, 9.17) is 0 Å². The van der Waals surface area contributed by atoms with Crippen LogP contribution in [-0.4, -0.2) is 45.1 Å². The van der Waals surface area contributed by atoms with Crippen LogP contribution in [0.2, 0.25) is 0 Å². The first kappa shape index (κ1) is 15.9. The average molecular weight is 276 g/mol. The zero-order chi connectivity index (χ0) is 13.6. The quantitative estimate of drug-likeness (QED) is 0.768. The van der Waals surface area contributed by atoms with Gasteiger partial charge < -0.3 is 10.6 Å². The fourth-order valence-electron chi connectivity index (χ4n) is 2.78. The highest BCUT2D eigenvalue weighted by atomic mass is 32.2. The van der Waals surface area contributed by atoms with E-state index in [9.17, 15) is 8.42 Å². The lowest BCUT2D eigenvalue weighted by Gasteiger charge is -2.24. The van der Waals surface area contributed by atoms with E-state index in [1.54, 1.807) is 0 Å². The monoisotopic (exact) mass is 276 g/mol. The molecular formula is C13H28N2O2S. The molecule has 0 bridgehead atoms. The topological polar surface area (TPSA) is 58.2 Å². The molecule has 4 nitrogen and oxygen atoms in total. The number of sulfone groups is 1. The van der Waals surface area contributed by atoms with Crippen LogP contribution >= 0.6 is 0 Å². The zero-order valence-corrected chi connectivity index (χ0v) is 12.7. The van der Waals surface area contributed by atoms with Gasteiger partial charge in [-0.1, -0.05) is 12.8 Å². The number of hydrogen-bond acceptors (Lipinski definition) is 4. The molecule has 0 aromatic carbocycles. The van der Waals surface area contributed by atoms with Crippen LogP contribution in [0.25, 0.3) is 0 Å². The second kappa shape index (κ2) is 7.46. The molecule has 0 aliphatic carbocycles. The molecule has 1 rings (SSSR count). The highest BCUT2D eigenvalue weighted by Gasteiger charge is 2.17. The van der Waals surface area contributed by atoms with Gasteiger partial charge in [0.2, 0.25) is 0 Å². The van der Waals surface area contributed by atoms with Gasteiger partial charge in [-0.3, -0.25) is 0 Å². The Balaban J connectivity index is 2.29. The van der Waals surface area contributed by atoms with Crippen LogP contribution in [-0.2, 0) is 9.84 Å². The second-order valence-corrected chi connectivity index (χ2v) is 7.98. The molecular weight excluding hydrogens is 248 g/mol. The van der Waals surface area contributed by atoms with Gasteiger partial charge >= 0.3 is 0 Å². The minimum atomic E-state index is -2.89. The van der Waals surface area contributed by atoms with Gasteiger partial charge in [-0.15, -0.1) is 0 Å². The first-order valence-corrected chi connectivity index (χ1v) is 9.10. The highest BCUT2D eigenvalue weighted by Crippen LogP contribution is 2.12. The van der Waals surface area contributed by atoms with E-state index < -0.39 is 9.84 Å². The van der Waals surface area contributed by atoms with Crippen molar-refractivity contribution in [3.63, 3.8) is 0 Å². The maximum atomic E-state index is 11.2. The molecule has 5 heteroatoms. The average Bonchev–Trinajstić information content (AvgIpc) is 2.42. The molecule has 0 radical (unpaired) electrons. The summed E-state index contributed by atoms with van der Waals surface area (Å²) in [5, 5.41) is 6.96. The van der Waals surface area contributed by atoms with Crippen molar-refractivity contribution in [2.75, 3.05) is 18.6 Å². The summed E-state index contributed by atoms with van der Waals surface area (Å²) in [4.78, 5) is 0. The molecule has 0 amide bonds. The molecule has 0 aromatic heterocycles. The van der Waals surface area contributed by atoms with Crippen molar-refractivity contribution in [2.45, 2.75) is 64.1 Å². The van der Waals surface area contributed by atoms with E-state index in [-0.39, 0.29) is 11.8 Å². The summed E-state index contributed by atoms with van der Waals surface area (Å²) in [6, 6.07) is 0.971. The number of rotatable bonds is 6. The van der Waals surface area contributed by atoms with Crippen LogP contribution in [0.1, 0.15) is 46.0 Å². The maximum absolute atomic E-state index is 11.2. The molecule has 0 saturated carbocycles. The molecule has 1 saturated heterocycles. The van der Waals surface area contributed by atoms with Crippen molar-refractivity contribution in [2.24, 2.45) is 0 Å². The molecule has 1 heterocycles. The third kappa shape index (κ3) is 7.34. The van der Waals surface area contributed by atoms with Gasteiger partial charge in [0.05, 0.1) is 5.75 Å². The zero-order valence-electron chi connectivity index (χ0n) is 11.9. The summed E-state index contributed by atoms with van der Waals surface area (Å²) >= 11 is 0. The van der Waals surface area contributed by atoms with Crippen molar-refractivity contribution in [3.8, 4) is 0 Å². The van der Waals surface area contributed by atoms with Crippen molar-refractivity contribution in [1.29, 1.82) is 0 Å². The molecule has 3 unspecified atom stereocenters. The molecule has 3 atom stereocenters. The number of nitrogens with one attached hydrogen (secondary N) is 2. The third-order valence-corrected chi connectivity index (χ3v) is 4.53. The van der Waals surface area contributed by atoms with Gasteiger partial charge in [0.1, 0.15) is 9.84 Å². The summed E-state index contributed by atoms with van der Waals surface area (Å²) in [5.41, 5.74) is 0. The Labute approximate surface area is 112 Å². The van der Waals surface area contributed by atoms with E-state index in [0.29, 0.717) is 12.1 Å². The van der Waals surface area contributed by atoms with E-state index in [2.05, 4.69) is 17.6 Å². The summed E-state index contributed by atoms with van der Waals surface area (Å²) in [6.45, 7) is 5.21. The largest absolute Gasteiger partial charge is 0.314 e. The highest BCUT2D eigenvalue weighted by molar-refractivity contribution is 7.90. The SMILES string of the molecule is CC(CC1CCCCCN1)NC(C)CS(C)(=O)=O. The van der Waals surface area contributed by atoms with Gasteiger partial charge in [-0.2, -0.15) is 0 Å². The van der Waals surface area contributed by atoms with Crippen LogP contribution < -0.4 is 10.6 Å². The second-order valence-electron chi connectivity index (χ2n) is 5.80. The van der Waals surface area contributed by atoms with Crippen molar-refractivity contribution in [1.82, 2.24) is 10.6 Å². The lowest BCUT2D eigenvalue weighted by molar-refractivity contribution is 0.385. The Kier molecular flexibility index (Phi) is 6.60. The van der Waals surface area contributed by atoms with Crippen molar-refractivity contribution < 1.29 is 8.42 Å². The Morgan fingerprint density at radius 2 is 1.94 bits per heavy atom. The Morgan fingerprint density at radius 3 is 2.61 bits per heavy atom. The Bertz CT molecular complexity index is 322. The van der Waals surface area contributed by atoms with Crippen molar-refractivity contribution in [3.05, 3.63) is 0 Å². The minimum Gasteiger partial charge on any atom is -0.314 e. The third-order valence-electron chi connectivity index (χ3n) is 3.42. The fourth-order valence-corrected chi connectivity index (χ4v) is 3.79. The van der Waals surface area contributed by atoms with Crippen LogP contribution in [0.3, 0.4) is 0 Å². The van der Waals surface area contributed by atoms with Crippen LogP contribution in [0, 0.1) is 0 Å². The molecule has 1 fully saturated rings. The van der Waals surface area contributed by atoms with Crippen LogP contribution in [0.15, 0.2) is 0 Å². The molecule has 0 aromatic rings. The smallest absolute Gasteiger partial charge is 0.148 e. The summed E-state index contributed by atoms with van der Waals surface area (Å²) in [5.74, 6) is 0.218. The van der Waals surface area contributed by atoms with Gasteiger partial charge in [0.15, 0.2) is 0 Å². The normalized spacial score (nSPS) is 25.4. The first-order chi connectivity index (χ1) is 8.37. The summed E-state index contributed by atoms with van der Waals surface area (Å²) < 4.78 is 22.4. The van der Waals surface area contributed by atoms with E-state index >= 15 is 0 Å². The molecule has 0 spiro atoms. The molecule has 18 heavy (non-hydrogen) atoms. The standard InChI is InChI=1S/C13H28N2O2S/c1-11(15-12(2)10-18(3,16)17)9-13-7-5-4-6-8-14-13/h11-15H,4-10H2,1-3H3. The van der Waals surface area contributed by atoms with E-state index in [1.165, 1.54) is 31.9 Å². The predicted octanol–water partition coefficient (Wildman–Crippen LogP) is 1.32. The fraction of sp³-hybridized carbons (Fsp3) is 1.00. The Hall–Kier alpha value is -0.130. The van der Waals surface area contributed by atoms with E-state index in [1.807, 2.05) is 6.92 Å². The van der Waals surface area contributed by atoms with E-state index in [0.717, 1.165) is 13.0 Å². The lowest BCUT2D eigenvalue weighted by Crippen LogP contribution is -2.42. The lowest BCUT2D eigenvalue weighted by atomic mass is 10.0. The minimum absolute atomic E-state index is 0.0285. The maximum Gasteiger partial charge on any atom is 0.148 e. The molecule has 1 aliphatic heterocycles. The van der Waals surface area contributed by atoms with Crippen LogP contribution in [0.4, 0.5) is 0 Å². The molecule has 2 N–H and O–H groups in total. The molecule has 108 valence electrons. The first-order valence-electron chi connectivity index (χ1n) is 7.04. The number of hydrogen-bond donors (Lipinski definition) is 2. The predicted molar refractivity (Wildman–Crippen MR) is 76.6 cm³/mol. The van der Waals surface area contributed by atoms with Gasteiger partial charge in [-0.05, 0) is 39.7 Å². The molecule has 1 aliphatic rings. The summed E-state index contributed by atoms with van der Waals surface area (Å²) in [7, 11) is -2.89. The summed E-state index contributed by atoms with van der Waals surface area (Å²) in [6.07, 6.45) is 7.53. The van der Waals surface area contributed by atoms with Gasteiger partial charge in [-0.25, -0.2) is 8.42 Å². The van der Waals surface area contributed by atoms with Gasteiger partial charge in [0.25, 0.3) is 0 Å². The van der Waals surface area contributed by atoms with Gasteiger partial charge in [0, 0.05) is 24.4 Å². The van der Waals surface area contributed by atoms with Crippen molar-refractivity contribution >= 4 is 9.84 Å².